The second-order valence-corrected chi connectivity index (χ2v) is 7.55. The van der Waals surface area contributed by atoms with Gasteiger partial charge in [0.1, 0.15) is 15.5 Å². The highest BCUT2D eigenvalue weighted by atomic mass is 32.1. The highest BCUT2D eigenvalue weighted by Crippen LogP contribution is 2.41. The van der Waals surface area contributed by atoms with Crippen molar-refractivity contribution >= 4 is 39.0 Å². The molecular weight excluding hydrogens is 348 g/mol. The summed E-state index contributed by atoms with van der Waals surface area (Å²) in [6, 6.07) is 12.1. The predicted molar refractivity (Wildman–Crippen MR) is 106 cm³/mol. The molecule has 0 spiro atoms. The number of nitrogens with two attached hydrogens (primary N) is 2. The predicted octanol–water partition coefficient (Wildman–Crippen LogP) is 3.17. The first-order chi connectivity index (χ1) is 12.5. The number of carbonyl (C=O) groups is 1. The van der Waals surface area contributed by atoms with Gasteiger partial charge in [-0.25, -0.2) is 9.78 Å². The fourth-order valence-electron chi connectivity index (χ4n) is 3.40. The number of aromatic nitrogens is 1. The van der Waals surface area contributed by atoms with Crippen molar-refractivity contribution in [3.63, 3.8) is 0 Å². The first-order valence-corrected chi connectivity index (χ1v) is 9.38. The van der Waals surface area contributed by atoms with E-state index < -0.39 is 5.97 Å². The Morgan fingerprint density at radius 3 is 2.58 bits per heavy atom. The van der Waals surface area contributed by atoms with Gasteiger partial charge in [-0.05, 0) is 30.0 Å². The van der Waals surface area contributed by atoms with E-state index in [0.29, 0.717) is 4.83 Å². The summed E-state index contributed by atoms with van der Waals surface area (Å²) < 4.78 is 0. The molecule has 0 atom stereocenters. The smallest absolute Gasteiger partial charge is 0.348 e. The van der Waals surface area contributed by atoms with E-state index >= 15 is 0 Å². The number of piperidine rings is 1. The van der Waals surface area contributed by atoms with E-state index in [2.05, 4.69) is 4.90 Å². The highest BCUT2D eigenvalue weighted by Gasteiger charge is 2.23. The molecule has 1 aliphatic rings. The minimum Gasteiger partial charge on any atom is -0.477 e. The Morgan fingerprint density at radius 1 is 1.23 bits per heavy atom. The summed E-state index contributed by atoms with van der Waals surface area (Å²) in [4.78, 5) is 19.3. The van der Waals surface area contributed by atoms with Gasteiger partial charge in [0.25, 0.3) is 0 Å². The van der Waals surface area contributed by atoms with Crippen LogP contribution in [0.4, 0.5) is 11.5 Å². The van der Waals surface area contributed by atoms with Gasteiger partial charge in [0, 0.05) is 24.5 Å². The van der Waals surface area contributed by atoms with Gasteiger partial charge in [0.05, 0.1) is 5.69 Å². The number of hydrogen-bond acceptors (Lipinski definition) is 6. The number of pyridine rings is 1. The summed E-state index contributed by atoms with van der Waals surface area (Å²) in [6.45, 7) is 1.70. The van der Waals surface area contributed by atoms with Gasteiger partial charge < -0.3 is 21.5 Å². The SMILES string of the molecule is Nc1c(C(=O)O)sc2nc(N3CCC(N)CC3)cc(-c3ccccc3)c12. The zero-order valence-corrected chi connectivity index (χ0v) is 15.0. The summed E-state index contributed by atoms with van der Waals surface area (Å²) in [5, 5.41) is 10.2. The maximum Gasteiger partial charge on any atom is 0.348 e. The number of fused-ring (bicyclic) bond motifs is 1. The van der Waals surface area contributed by atoms with Crippen molar-refractivity contribution in [2.24, 2.45) is 5.73 Å². The van der Waals surface area contributed by atoms with Crippen molar-refractivity contribution in [3.05, 3.63) is 41.3 Å². The molecule has 3 heterocycles. The van der Waals surface area contributed by atoms with Gasteiger partial charge in [0.15, 0.2) is 0 Å². The summed E-state index contributed by atoms with van der Waals surface area (Å²) in [7, 11) is 0. The van der Waals surface area contributed by atoms with Crippen LogP contribution in [0.15, 0.2) is 36.4 Å². The summed E-state index contributed by atoms with van der Waals surface area (Å²) in [6.07, 6.45) is 1.85. The largest absolute Gasteiger partial charge is 0.477 e. The van der Waals surface area contributed by atoms with Gasteiger partial charge in [0.2, 0.25) is 0 Å². The van der Waals surface area contributed by atoms with Crippen molar-refractivity contribution in [2.45, 2.75) is 18.9 Å². The molecule has 0 saturated carbocycles. The van der Waals surface area contributed by atoms with Crippen LogP contribution >= 0.6 is 11.3 Å². The number of rotatable bonds is 3. The number of nitrogen functional groups attached to an aromatic ring is 1. The van der Waals surface area contributed by atoms with Crippen LogP contribution in [0.5, 0.6) is 0 Å². The van der Waals surface area contributed by atoms with Gasteiger partial charge in [-0.1, -0.05) is 30.3 Å². The molecule has 0 unspecified atom stereocenters. The summed E-state index contributed by atoms with van der Waals surface area (Å²) >= 11 is 1.13. The second kappa shape index (κ2) is 6.59. The molecule has 0 bridgehead atoms. The summed E-state index contributed by atoms with van der Waals surface area (Å²) in [5.74, 6) is -0.170. The Hall–Kier alpha value is -2.64. The van der Waals surface area contributed by atoms with Crippen LogP contribution in [-0.4, -0.2) is 35.2 Å². The highest BCUT2D eigenvalue weighted by molar-refractivity contribution is 7.21. The number of anilines is 2. The Bertz CT molecular complexity index is 963. The molecule has 2 aromatic heterocycles. The number of benzene rings is 1. The Morgan fingerprint density at radius 2 is 1.92 bits per heavy atom. The molecule has 3 aromatic rings. The fourth-order valence-corrected chi connectivity index (χ4v) is 4.36. The fraction of sp³-hybridized carbons (Fsp3) is 0.263. The van der Waals surface area contributed by atoms with Crippen LogP contribution in [0.1, 0.15) is 22.5 Å². The number of hydrogen-bond donors (Lipinski definition) is 3. The van der Waals surface area contributed by atoms with E-state index in [1.165, 1.54) is 0 Å². The molecular formula is C19H20N4O2S. The number of carboxylic acids is 1. The molecule has 134 valence electrons. The molecule has 4 rings (SSSR count). The van der Waals surface area contributed by atoms with Gasteiger partial charge in [-0.15, -0.1) is 11.3 Å². The second-order valence-electron chi connectivity index (χ2n) is 6.55. The van der Waals surface area contributed by atoms with Gasteiger partial charge in [-0.3, -0.25) is 0 Å². The Balaban J connectivity index is 1.92. The first-order valence-electron chi connectivity index (χ1n) is 8.57. The van der Waals surface area contributed by atoms with E-state index in [-0.39, 0.29) is 16.6 Å². The minimum atomic E-state index is -1.02. The normalized spacial score (nSPS) is 15.5. The van der Waals surface area contributed by atoms with Crippen LogP contribution < -0.4 is 16.4 Å². The molecule has 6 nitrogen and oxygen atoms in total. The maximum absolute atomic E-state index is 11.5. The zero-order valence-electron chi connectivity index (χ0n) is 14.2. The number of thiophene rings is 1. The van der Waals surface area contributed by atoms with E-state index in [1.54, 1.807) is 0 Å². The molecule has 1 aliphatic heterocycles. The number of aromatic carboxylic acids is 1. The standard InChI is InChI=1S/C19H20N4O2S/c20-12-6-8-23(9-7-12)14-10-13(11-4-2-1-3-5-11)15-16(21)17(19(24)25)26-18(15)22-14/h1-5,10,12H,6-9,20-21H2,(H,24,25). The molecule has 1 fully saturated rings. The van der Waals surface area contributed by atoms with Gasteiger partial charge >= 0.3 is 5.97 Å². The molecule has 1 aromatic carbocycles. The lowest BCUT2D eigenvalue weighted by atomic mass is 10.0. The average Bonchev–Trinajstić information content (AvgIpc) is 2.99. The molecule has 0 amide bonds. The monoisotopic (exact) mass is 368 g/mol. The number of nitrogens with zero attached hydrogens (tertiary/aromatic N) is 2. The molecule has 5 N–H and O–H groups in total. The average molecular weight is 368 g/mol. The molecule has 26 heavy (non-hydrogen) atoms. The minimum absolute atomic E-state index is 0.141. The lowest BCUT2D eigenvalue weighted by Crippen LogP contribution is -2.40. The zero-order chi connectivity index (χ0) is 18.3. The molecule has 0 radical (unpaired) electrons. The Kier molecular flexibility index (Phi) is 4.26. The van der Waals surface area contributed by atoms with Crippen LogP contribution in [0.3, 0.4) is 0 Å². The van der Waals surface area contributed by atoms with Crippen molar-refractivity contribution < 1.29 is 9.90 Å². The first kappa shape index (κ1) is 16.8. The third-order valence-corrected chi connectivity index (χ3v) is 5.92. The third kappa shape index (κ3) is 2.89. The van der Waals surface area contributed by atoms with Crippen molar-refractivity contribution in [1.29, 1.82) is 0 Å². The van der Waals surface area contributed by atoms with Crippen LogP contribution in [-0.2, 0) is 0 Å². The molecule has 0 aliphatic carbocycles. The van der Waals surface area contributed by atoms with Crippen LogP contribution in [0.25, 0.3) is 21.3 Å². The van der Waals surface area contributed by atoms with E-state index in [4.69, 9.17) is 16.5 Å². The van der Waals surface area contributed by atoms with Crippen molar-refractivity contribution in [3.8, 4) is 11.1 Å². The Labute approximate surface area is 155 Å². The number of carboxylic acid groups (broad SMARTS) is 1. The van der Waals surface area contributed by atoms with Gasteiger partial charge in [-0.2, -0.15) is 0 Å². The van der Waals surface area contributed by atoms with Crippen molar-refractivity contribution in [1.82, 2.24) is 4.98 Å². The third-order valence-electron chi connectivity index (χ3n) is 4.83. The maximum atomic E-state index is 11.5. The lowest BCUT2D eigenvalue weighted by Gasteiger charge is -2.31. The van der Waals surface area contributed by atoms with E-state index in [1.807, 2.05) is 36.4 Å². The molecule has 1 saturated heterocycles. The van der Waals surface area contributed by atoms with E-state index in [0.717, 1.165) is 59.6 Å². The molecule has 7 heteroatoms. The summed E-state index contributed by atoms with van der Waals surface area (Å²) in [5.41, 5.74) is 14.4. The van der Waals surface area contributed by atoms with Crippen molar-refractivity contribution in [2.75, 3.05) is 23.7 Å². The quantitative estimate of drug-likeness (QED) is 0.656. The topological polar surface area (TPSA) is 105 Å². The van der Waals surface area contributed by atoms with E-state index in [9.17, 15) is 9.90 Å². The van der Waals surface area contributed by atoms with Crippen LogP contribution in [0.2, 0.25) is 0 Å². The lowest BCUT2D eigenvalue weighted by molar-refractivity contribution is 0.0703. The van der Waals surface area contributed by atoms with Crippen LogP contribution in [0, 0.1) is 0 Å².